The van der Waals surface area contributed by atoms with Crippen LogP contribution in [0.5, 0.6) is 0 Å². The van der Waals surface area contributed by atoms with Gasteiger partial charge in [0.25, 0.3) is 5.56 Å². The van der Waals surface area contributed by atoms with E-state index in [9.17, 15) is 14.0 Å². The van der Waals surface area contributed by atoms with E-state index in [0.717, 1.165) is 4.57 Å². The first-order chi connectivity index (χ1) is 9.93. The van der Waals surface area contributed by atoms with E-state index in [2.05, 4.69) is 0 Å². The molecule has 3 rings (SSSR count). The molecule has 21 heavy (non-hydrogen) atoms. The highest BCUT2D eigenvalue weighted by Gasteiger charge is 2.19. The van der Waals surface area contributed by atoms with Crippen LogP contribution in [-0.2, 0) is 21.1 Å². The Labute approximate surface area is 119 Å². The van der Waals surface area contributed by atoms with Crippen LogP contribution in [0, 0.1) is 5.82 Å². The van der Waals surface area contributed by atoms with Crippen molar-refractivity contribution in [2.45, 2.75) is 0 Å². The molecular formula is C15H14FN3O2. The lowest BCUT2D eigenvalue weighted by Gasteiger charge is -2.07. The maximum absolute atomic E-state index is 14.1. The third kappa shape index (κ3) is 1.75. The number of halogens is 1. The van der Waals surface area contributed by atoms with Crippen molar-refractivity contribution in [2.24, 2.45) is 21.1 Å². The van der Waals surface area contributed by atoms with Gasteiger partial charge in [-0.1, -0.05) is 12.1 Å². The van der Waals surface area contributed by atoms with Crippen molar-refractivity contribution >= 4 is 10.9 Å². The zero-order valence-electron chi connectivity index (χ0n) is 11.9. The molecule has 5 nitrogen and oxygen atoms in total. The Morgan fingerprint density at radius 3 is 2.33 bits per heavy atom. The Balaban J connectivity index is 2.57. The molecule has 2 heterocycles. The molecule has 108 valence electrons. The van der Waals surface area contributed by atoms with Gasteiger partial charge in [-0.3, -0.25) is 13.9 Å². The van der Waals surface area contributed by atoms with Crippen molar-refractivity contribution in [3.8, 4) is 11.3 Å². The van der Waals surface area contributed by atoms with Gasteiger partial charge in [-0.2, -0.15) is 0 Å². The number of fused-ring (bicyclic) bond motifs is 1. The number of nitrogens with zero attached hydrogens (tertiary/aromatic N) is 3. The van der Waals surface area contributed by atoms with Crippen LogP contribution in [0.1, 0.15) is 0 Å². The second kappa shape index (κ2) is 4.44. The minimum atomic E-state index is -0.424. The van der Waals surface area contributed by atoms with Gasteiger partial charge in [0.15, 0.2) is 0 Å². The normalized spacial score (nSPS) is 11.2. The Morgan fingerprint density at radius 1 is 1.00 bits per heavy atom. The summed E-state index contributed by atoms with van der Waals surface area (Å²) in [6, 6.07) is 6.27. The fraction of sp³-hybridized carbons (Fsp3) is 0.200. The van der Waals surface area contributed by atoms with Gasteiger partial charge in [0.05, 0.1) is 16.6 Å². The second-order valence-electron chi connectivity index (χ2n) is 5.03. The minimum Gasteiger partial charge on any atom is -0.348 e. The molecule has 0 saturated heterocycles. The molecular weight excluding hydrogens is 273 g/mol. The van der Waals surface area contributed by atoms with Crippen LogP contribution >= 0.6 is 0 Å². The van der Waals surface area contributed by atoms with Crippen LogP contribution in [0.2, 0.25) is 0 Å². The van der Waals surface area contributed by atoms with Crippen LogP contribution in [0.3, 0.4) is 0 Å². The first kappa shape index (κ1) is 13.4. The Kier molecular flexibility index (Phi) is 2.83. The average Bonchev–Trinajstić information content (AvgIpc) is 2.81. The molecule has 0 atom stereocenters. The zero-order valence-corrected chi connectivity index (χ0v) is 11.9. The van der Waals surface area contributed by atoms with Crippen molar-refractivity contribution in [3.05, 3.63) is 57.1 Å². The average molecular weight is 287 g/mol. The van der Waals surface area contributed by atoms with Gasteiger partial charge in [-0.15, -0.1) is 0 Å². The number of benzene rings is 1. The maximum Gasteiger partial charge on any atom is 0.330 e. The third-order valence-electron chi connectivity index (χ3n) is 3.74. The van der Waals surface area contributed by atoms with Crippen LogP contribution in [0.15, 0.2) is 40.1 Å². The Bertz CT molecular complexity index is 979. The number of aryl methyl sites for hydroxylation is 2. The summed E-state index contributed by atoms with van der Waals surface area (Å²) >= 11 is 0. The van der Waals surface area contributed by atoms with E-state index in [-0.39, 0.29) is 0 Å². The van der Waals surface area contributed by atoms with Crippen LogP contribution in [0.4, 0.5) is 4.39 Å². The molecule has 2 aromatic heterocycles. The van der Waals surface area contributed by atoms with Crippen molar-refractivity contribution in [1.29, 1.82) is 0 Å². The summed E-state index contributed by atoms with van der Waals surface area (Å²) in [5, 5.41) is 0.340. The monoisotopic (exact) mass is 287 g/mol. The lowest BCUT2D eigenvalue weighted by molar-refractivity contribution is 0.630. The van der Waals surface area contributed by atoms with Gasteiger partial charge in [-0.05, 0) is 12.1 Å². The summed E-state index contributed by atoms with van der Waals surface area (Å²) in [6.07, 6.45) is 1.67. The van der Waals surface area contributed by atoms with Gasteiger partial charge in [0.1, 0.15) is 5.82 Å². The number of hydrogen-bond acceptors (Lipinski definition) is 2. The summed E-state index contributed by atoms with van der Waals surface area (Å²) in [4.78, 5) is 24.4. The van der Waals surface area contributed by atoms with Gasteiger partial charge in [-0.25, -0.2) is 9.18 Å². The summed E-state index contributed by atoms with van der Waals surface area (Å²) in [5.41, 5.74) is 0.471. The largest absolute Gasteiger partial charge is 0.348 e. The molecule has 0 spiro atoms. The molecule has 0 bridgehead atoms. The topological polar surface area (TPSA) is 48.9 Å². The quantitative estimate of drug-likeness (QED) is 0.679. The highest BCUT2D eigenvalue weighted by Crippen LogP contribution is 2.28. The first-order valence-electron chi connectivity index (χ1n) is 6.43. The molecule has 0 unspecified atom stereocenters. The number of aromatic nitrogens is 3. The Morgan fingerprint density at radius 2 is 1.67 bits per heavy atom. The molecule has 0 amide bonds. The van der Waals surface area contributed by atoms with E-state index in [1.54, 1.807) is 43.1 Å². The SMILES string of the molecule is Cn1cc2c(c1-c1ccccc1F)c(=O)n(C)c(=O)n2C. The third-order valence-corrected chi connectivity index (χ3v) is 3.74. The highest BCUT2D eigenvalue weighted by molar-refractivity contribution is 5.93. The van der Waals surface area contributed by atoms with Gasteiger partial charge < -0.3 is 4.57 Å². The van der Waals surface area contributed by atoms with Crippen molar-refractivity contribution in [1.82, 2.24) is 13.7 Å². The van der Waals surface area contributed by atoms with Crippen molar-refractivity contribution in [3.63, 3.8) is 0 Å². The van der Waals surface area contributed by atoms with Gasteiger partial charge in [0.2, 0.25) is 0 Å². The van der Waals surface area contributed by atoms with E-state index in [1.807, 2.05) is 0 Å². The van der Waals surface area contributed by atoms with Crippen LogP contribution in [0.25, 0.3) is 22.2 Å². The molecule has 0 aliphatic heterocycles. The lowest BCUT2D eigenvalue weighted by Crippen LogP contribution is -2.36. The molecule has 6 heteroatoms. The van der Waals surface area contributed by atoms with E-state index in [0.29, 0.717) is 22.2 Å². The maximum atomic E-state index is 14.1. The van der Waals surface area contributed by atoms with E-state index < -0.39 is 17.1 Å². The highest BCUT2D eigenvalue weighted by atomic mass is 19.1. The zero-order chi connectivity index (χ0) is 15.3. The molecule has 0 fully saturated rings. The van der Waals surface area contributed by atoms with Crippen LogP contribution in [-0.4, -0.2) is 13.7 Å². The lowest BCUT2D eigenvalue weighted by atomic mass is 10.1. The van der Waals surface area contributed by atoms with Gasteiger partial charge >= 0.3 is 5.69 Å². The second-order valence-corrected chi connectivity index (χ2v) is 5.03. The molecule has 0 radical (unpaired) electrons. The fourth-order valence-corrected chi connectivity index (χ4v) is 2.64. The number of hydrogen-bond donors (Lipinski definition) is 0. The minimum absolute atomic E-state index is 0.339. The van der Waals surface area contributed by atoms with Gasteiger partial charge in [0, 0.05) is 32.9 Å². The van der Waals surface area contributed by atoms with Crippen molar-refractivity contribution < 1.29 is 4.39 Å². The van der Waals surface area contributed by atoms with E-state index in [4.69, 9.17) is 0 Å². The molecule has 3 aromatic rings. The predicted octanol–water partition coefficient (Wildman–Crippen LogP) is 1.38. The molecule has 0 aliphatic rings. The summed E-state index contributed by atoms with van der Waals surface area (Å²) in [5.74, 6) is -0.406. The molecule has 0 aliphatic carbocycles. The first-order valence-corrected chi connectivity index (χ1v) is 6.43. The molecule has 0 N–H and O–H groups in total. The van der Waals surface area contributed by atoms with E-state index >= 15 is 0 Å². The van der Waals surface area contributed by atoms with Crippen molar-refractivity contribution in [2.75, 3.05) is 0 Å². The fourth-order valence-electron chi connectivity index (χ4n) is 2.64. The predicted molar refractivity (Wildman–Crippen MR) is 78.8 cm³/mol. The summed E-state index contributed by atoms with van der Waals surface area (Å²) in [6.45, 7) is 0. The smallest absolute Gasteiger partial charge is 0.330 e. The molecule has 0 saturated carbocycles. The summed E-state index contributed by atoms with van der Waals surface area (Å²) < 4.78 is 18.2. The molecule has 1 aromatic carbocycles. The Hall–Kier alpha value is -2.63. The number of rotatable bonds is 1. The van der Waals surface area contributed by atoms with E-state index in [1.165, 1.54) is 17.7 Å². The standard InChI is InChI=1S/C15H14FN3O2/c1-17-8-11-12(14(20)19(3)15(21)18(11)2)13(17)9-6-4-5-7-10(9)16/h4-8H,1-3H3. The van der Waals surface area contributed by atoms with Crippen LogP contribution < -0.4 is 11.2 Å². The summed E-state index contributed by atoms with van der Waals surface area (Å²) in [7, 11) is 4.74.